The van der Waals surface area contributed by atoms with Crippen LogP contribution in [-0.2, 0) is 9.47 Å². The van der Waals surface area contributed by atoms with Crippen molar-refractivity contribution < 1.29 is 19.1 Å². The van der Waals surface area contributed by atoms with E-state index in [4.69, 9.17) is 79.1 Å². The van der Waals surface area contributed by atoms with Crippen LogP contribution in [0.25, 0.3) is 0 Å². The van der Waals surface area contributed by atoms with E-state index >= 15 is 0 Å². The van der Waals surface area contributed by atoms with E-state index in [1.54, 1.807) is 26.0 Å². The van der Waals surface area contributed by atoms with Crippen molar-refractivity contribution in [1.29, 1.82) is 0 Å². The Morgan fingerprint density at radius 2 is 1.58 bits per heavy atom. The summed E-state index contributed by atoms with van der Waals surface area (Å²) >= 11 is 33.0. The van der Waals surface area contributed by atoms with E-state index in [2.05, 4.69) is 5.43 Å². The molecule has 2 amide bonds. The number of hydrogen-bond donors (Lipinski definition) is 1. The topological polar surface area (TPSA) is 67.9 Å². The number of carbonyl (C=O) groups excluding carboxylic acids is 2. The van der Waals surface area contributed by atoms with Crippen molar-refractivity contribution in [2.45, 2.75) is 33.9 Å². The average molecular weight is 465 g/mol. The van der Waals surface area contributed by atoms with Crippen LogP contribution in [0.15, 0.2) is 12.2 Å². The lowest BCUT2D eigenvalue weighted by molar-refractivity contribution is 0.0603. The van der Waals surface area contributed by atoms with Crippen molar-refractivity contribution in [3.63, 3.8) is 0 Å². The monoisotopic (exact) mass is 462 g/mol. The Morgan fingerprint density at radius 1 is 1.08 bits per heavy atom. The molecule has 0 rings (SSSR count). The van der Waals surface area contributed by atoms with Crippen LogP contribution in [0, 0.1) is 0 Å². The highest BCUT2D eigenvalue weighted by Gasteiger charge is 2.29. The molecule has 0 aromatic rings. The van der Waals surface area contributed by atoms with E-state index in [1.165, 1.54) is 0 Å². The average Bonchev–Trinajstić information content (AvgIpc) is 2.44. The third-order valence-electron chi connectivity index (χ3n) is 2.30. The molecule has 0 saturated carbocycles. The first-order valence-corrected chi connectivity index (χ1v) is 8.82. The number of ether oxygens (including phenoxy) is 2. The van der Waals surface area contributed by atoms with Gasteiger partial charge in [-0.25, -0.2) is 20.0 Å². The van der Waals surface area contributed by atoms with Gasteiger partial charge >= 0.3 is 12.2 Å². The van der Waals surface area contributed by atoms with Gasteiger partial charge in [-0.05, 0) is 13.3 Å². The van der Waals surface area contributed by atoms with Crippen LogP contribution in [0.4, 0.5) is 9.59 Å². The molecule has 0 bridgehead atoms. The molecule has 0 aliphatic heterocycles. The maximum Gasteiger partial charge on any atom is 0.429 e. The van der Waals surface area contributed by atoms with E-state index in [9.17, 15) is 9.59 Å². The number of alkyl halides is 6. The number of halogens is 6. The van der Waals surface area contributed by atoms with Crippen molar-refractivity contribution >= 4 is 81.8 Å². The molecule has 0 fully saturated rings. The third kappa shape index (κ3) is 11.6. The Hall–Kier alpha value is 0.0200. The van der Waals surface area contributed by atoms with Gasteiger partial charge in [-0.1, -0.05) is 88.7 Å². The summed E-state index contributed by atoms with van der Waals surface area (Å²) in [6.07, 6.45) is 1.84. The number of carbonyl (C=O) groups is 2. The lowest BCUT2D eigenvalue weighted by atomic mass is 10.2. The fraction of sp³-hybridized carbons (Fsp3) is 0.667. The van der Waals surface area contributed by atoms with E-state index in [0.717, 1.165) is 5.01 Å². The van der Waals surface area contributed by atoms with Gasteiger partial charge in [0.15, 0.2) is 0 Å². The van der Waals surface area contributed by atoms with Gasteiger partial charge in [0, 0.05) is 0 Å². The molecule has 24 heavy (non-hydrogen) atoms. The molecule has 1 unspecified atom stereocenters. The first kappa shape index (κ1) is 24.0. The van der Waals surface area contributed by atoms with Gasteiger partial charge in [0.25, 0.3) is 0 Å². The highest BCUT2D eigenvalue weighted by molar-refractivity contribution is 6.68. The van der Waals surface area contributed by atoms with Crippen LogP contribution >= 0.6 is 69.6 Å². The molecule has 0 aromatic carbocycles. The summed E-state index contributed by atoms with van der Waals surface area (Å²) in [5, 5.41) is 0.886. The lowest BCUT2D eigenvalue weighted by Crippen LogP contribution is -2.52. The van der Waals surface area contributed by atoms with Gasteiger partial charge < -0.3 is 9.47 Å². The van der Waals surface area contributed by atoms with Crippen LogP contribution in [0.3, 0.4) is 0 Å². The van der Waals surface area contributed by atoms with Gasteiger partial charge in [-0.15, -0.1) is 0 Å². The maximum atomic E-state index is 12.1. The zero-order valence-corrected chi connectivity index (χ0v) is 17.2. The molecule has 0 aromatic heterocycles. The van der Waals surface area contributed by atoms with Crippen LogP contribution in [-0.4, -0.2) is 44.0 Å². The molecule has 12 heteroatoms. The highest BCUT2D eigenvalue weighted by Crippen LogP contribution is 2.27. The van der Waals surface area contributed by atoms with Gasteiger partial charge in [0.05, 0.1) is 6.04 Å². The number of hydrazine groups is 1. The van der Waals surface area contributed by atoms with Crippen molar-refractivity contribution in [2.24, 2.45) is 0 Å². The minimum Gasteiger partial charge on any atom is -0.444 e. The molecule has 1 atom stereocenters. The van der Waals surface area contributed by atoms with E-state index in [0.29, 0.717) is 6.42 Å². The van der Waals surface area contributed by atoms with Crippen LogP contribution in [0.2, 0.25) is 0 Å². The molecule has 0 aliphatic carbocycles. The standard InChI is InChI=1S/C12H16Cl6N2O4/c1-3-5-8(4-2)20(10(22)24-7-12(16,17)18)19-9(21)23-6-11(13,14)15/h3,5,8H,4,6-7H2,1-2H3,(H,19,21)/b5-3+. The second-order valence-electron chi connectivity index (χ2n) is 4.34. The number of nitrogens with one attached hydrogen (secondary N) is 1. The van der Waals surface area contributed by atoms with Crippen molar-refractivity contribution in [3.8, 4) is 0 Å². The Morgan fingerprint density at radius 3 is 2.00 bits per heavy atom. The van der Waals surface area contributed by atoms with Gasteiger partial charge in [0.1, 0.15) is 13.2 Å². The van der Waals surface area contributed by atoms with Crippen LogP contribution < -0.4 is 5.43 Å². The summed E-state index contributed by atoms with van der Waals surface area (Å²) in [6, 6.07) is -0.529. The summed E-state index contributed by atoms with van der Waals surface area (Å²) < 4.78 is 5.98. The molecule has 0 heterocycles. The number of rotatable bonds is 5. The third-order valence-corrected chi connectivity index (χ3v) is 2.95. The number of hydrogen-bond acceptors (Lipinski definition) is 4. The van der Waals surface area contributed by atoms with Crippen LogP contribution in [0.1, 0.15) is 20.3 Å². The Labute approximate surface area is 170 Å². The number of nitrogens with zero attached hydrogens (tertiary/aromatic N) is 1. The molecule has 0 radical (unpaired) electrons. The SMILES string of the molecule is C/C=C/C(CC)N(NC(=O)OCC(Cl)(Cl)Cl)C(=O)OCC(Cl)(Cl)Cl. The Balaban J connectivity index is 4.99. The summed E-state index contributed by atoms with van der Waals surface area (Å²) in [7, 11) is 0. The predicted molar refractivity (Wildman–Crippen MR) is 97.1 cm³/mol. The number of amides is 2. The van der Waals surface area contributed by atoms with Crippen molar-refractivity contribution in [3.05, 3.63) is 12.2 Å². The first-order chi connectivity index (χ1) is 10.9. The summed E-state index contributed by atoms with van der Waals surface area (Å²) in [5.41, 5.74) is 2.20. The molecule has 140 valence electrons. The maximum absolute atomic E-state index is 12.1. The Bertz CT molecular complexity index is 450. The van der Waals surface area contributed by atoms with Gasteiger partial charge in [-0.3, -0.25) is 0 Å². The summed E-state index contributed by atoms with van der Waals surface area (Å²) in [4.78, 5) is 23.9. The minimum atomic E-state index is -1.79. The largest absolute Gasteiger partial charge is 0.444 e. The number of allylic oxidation sites excluding steroid dienone is 1. The molecule has 6 nitrogen and oxygen atoms in total. The second-order valence-corrected chi connectivity index (χ2v) is 9.38. The van der Waals surface area contributed by atoms with Crippen molar-refractivity contribution in [2.75, 3.05) is 13.2 Å². The molecule has 0 aliphatic rings. The van der Waals surface area contributed by atoms with Crippen LogP contribution in [0.5, 0.6) is 0 Å². The molecular formula is C12H16Cl6N2O4. The Kier molecular flexibility index (Phi) is 10.9. The van der Waals surface area contributed by atoms with Crippen molar-refractivity contribution in [1.82, 2.24) is 10.4 Å². The predicted octanol–water partition coefficient (Wildman–Crippen LogP) is 5.16. The lowest BCUT2D eigenvalue weighted by Gasteiger charge is -2.28. The highest BCUT2D eigenvalue weighted by atomic mass is 35.6. The van der Waals surface area contributed by atoms with E-state index in [1.807, 2.05) is 0 Å². The minimum absolute atomic E-state index is 0.456. The van der Waals surface area contributed by atoms with Gasteiger partial charge in [-0.2, -0.15) is 0 Å². The van der Waals surface area contributed by atoms with E-state index in [-0.39, 0.29) is 0 Å². The zero-order chi connectivity index (χ0) is 19.0. The summed E-state index contributed by atoms with van der Waals surface area (Å²) in [6.45, 7) is 2.51. The molecule has 0 saturated heterocycles. The molecule has 0 spiro atoms. The fourth-order valence-electron chi connectivity index (χ4n) is 1.38. The zero-order valence-electron chi connectivity index (χ0n) is 12.7. The normalized spacial score (nSPS) is 13.5. The molecule has 1 N–H and O–H groups in total. The first-order valence-electron chi connectivity index (χ1n) is 6.55. The summed E-state index contributed by atoms with van der Waals surface area (Å²) in [5.74, 6) is 0. The van der Waals surface area contributed by atoms with E-state index < -0.39 is 39.0 Å². The fourth-order valence-corrected chi connectivity index (χ4v) is 1.71. The molecular weight excluding hydrogens is 449 g/mol. The smallest absolute Gasteiger partial charge is 0.429 e. The van der Waals surface area contributed by atoms with Gasteiger partial charge in [0.2, 0.25) is 7.59 Å². The quantitative estimate of drug-likeness (QED) is 0.346. The second kappa shape index (κ2) is 10.9.